The highest BCUT2D eigenvalue weighted by molar-refractivity contribution is 6.16. The lowest BCUT2D eigenvalue weighted by Crippen LogP contribution is -2.44. The fraction of sp³-hybridized carbons (Fsp3) is 0.256. The van der Waals surface area contributed by atoms with Gasteiger partial charge in [0.25, 0.3) is 0 Å². The summed E-state index contributed by atoms with van der Waals surface area (Å²) in [6, 6.07) is 16.6. The number of pyridine rings is 1. The quantitative estimate of drug-likeness (QED) is 0.111. The smallest absolute Gasteiger partial charge is 0.246 e. The Hall–Kier alpha value is -6.57. The highest BCUT2D eigenvalue weighted by Crippen LogP contribution is 2.36. The van der Waals surface area contributed by atoms with Crippen LogP contribution in [0.15, 0.2) is 92.4 Å². The highest BCUT2D eigenvalue weighted by Gasteiger charge is 2.28. The summed E-state index contributed by atoms with van der Waals surface area (Å²) >= 11 is 0. The summed E-state index contributed by atoms with van der Waals surface area (Å²) in [7, 11) is 0. The molecule has 14 heteroatoms. The van der Waals surface area contributed by atoms with Crippen molar-refractivity contribution >= 4 is 45.9 Å². The fourth-order valence-electron chi connectivity index (χ4n) is 7.10. The maximum absolute atomic E-state index is 12.4. The molecular formula is C39H41N11O3. The van der Waals surface area contributed by atoms with Crippen LogP contribution in [0.5, 0.6) is 11.5 Å². The number of hydrogen-bond acceptors (Lipinski definition) is 11. The Morgan fingerprint density at radius 2 is 1.51 bits per heavy atom. The number of benzene rings is 2. The van der Waals surface area contributed by atoms with Crippen molar-refractivity contribution in [3.63, 3.8) is 0 Å². The summed E-state index contributed by atoms with van der Waals surface area (Å²) in [4.78, 5) is 41.0. The van der Waals surface area contributed by atoms with Crippen LogP contribution in [-0.2, 0) is 9.59 Å². The molecule has 270 valence electrons. The van der Waals surface area contributed by atoms with E-state index in [1.807, 2.05) is 39.9 Å². The topological polar surface area (TPSA) is 194 Å². The van der Waals surface area contributed by atoms with Gasteiger partial charge in [0.15, 0.2) is 0 Å². The molecule has 2 atom stereocenters. The molecule has 2 aliphatic heterocycles. The van der Waals surface area contributed by atoms with Crippen molar-refractivity contribution < 1.29 is 14.3 Å². The van der Waals surface area contributed by atoms with Crippen LogP contribution >= 0.6 is 0 Å². The van der Waals surface area contributed by atoms with E-state index in [-0.39, 0.29) is 35.4 Å². The molecule has 3 aromatic heterocycles. The highest BCUT2D eigenvalue weighted by atomic mass is 16.5. The number of amides is 2. The first-order valence-electron chi connectivity index (χ1n) is 17.5. The minimum atomic E-state index is -0.111. The van der Waals surface area contributed by atoms with Gasteiger partial charge in [0.2, 0.25) is 11.8 Å². The molecule has 14 nitrogen and oxygen atoms in total. The molecule has 2 saturated heterocycles. The first kappa shape index (κ1) is 34.9. The molecule has 0 aliphatic carbocycles. The Bertz CT molecular complexity index is 2200. The van der Waals surface area contributed by atoms with E-state index in [1.54, 1.807) is 35.4 Å². The number of aromatic nitrogens is 5. The van der Waals surface area contributed by atoms with E-state index in [0.717, 1.165) is 42.1 Å². The van der Waals surface area contributed by atoms with Crippen LogP contribution < -0.4 is 21.5 Å². The number of anilines is 3. The van der Waals surface area contributed by atoms with Crippen molar-refractivity contribution in [2.24, 2.45) is 0 Å². The molecule has 53 heavy (non-hydrogen) atoms. The van der Waals surface area contributed by atoms with E-state index >= 15 is 0 Å². The van der Waals surface area contributed by atoms with Gasteiger partial charge in [-0.05, 0) is 92.4 Å². The molecule has 2 fully saturated rings. The lowest BCUT2D eigenvalue weighted by atomic mass is 10.0. The number of nitrogens with one attached hydrogen (secondary N) is 2. The number of piperidine rings is 2. The average Bonchev–Trinajstić information content (AvgIpc) is 3.59. The van der Waals surface area contributed by atoms with E-state index in [2.05, 4.69) is 33.4 Å². The molecule has 0 saturated carbocycles. The van der Waals surface area contributed by atoms with E-state index in [0.29, 0.717) is 66.1 Å². The van der Waals surface area contributed by atoms with Crippen molar-refractivity contribution in [1.29, 1.82) is 5.41 Å². The first-order valence-corrected chi connectivity index (χ1v) is 17.5. The molecule has 2 amide bonds. The van der Waals surface area contributed by atoms with E-state index < -0.39 is 0 Å². The second-order valence-electron chi connectivity index (χ2n) is 13.1. The molecular weight excluding hydrogens is 671 g/mol. The summed E-state index contributed by atoms with van der Waals surface area (Å²) in [5.74, 6) is 2.01. The standard InChI is InChI=1S/C39H41N11O3/c1-3-31(51)48-19-5-7-26(21-48)46-39-34(38(42)44-23-45-39)35(40)24-9-13-28(14-10-24)53-29-15-11-25(12-16-29)36-33-30(17-18-43-37(33)41)50(47-36)27-8-6-20-49(22-27)32(52)4-2/h3-4,9-18,23,26-27,40H,1-2,5-8,19-22H2,(H2,41,43)(H3,42,44,45,46). The Kier molecular flexibility index (Phi) is 9.84. The Morgan fingerprint density at radius 3 is 2.21 bits per heavy atom. The minimum Gasteiger partial charge on any atom is -0.457 e. The fourth-order valence-corrected chi connectivity index (χ4v) is 7.10. The SMILES string of the molecule is C=CC(=O)N1CCCC(Nc2ncnc(N)c2C(=N)c2ccc(Oc3ccc(-c4nn(C5CCCN(C(=O)C=C)C5)c5ccnc(N)c45)cc3)cc2)C1. The van der Waals surface area contributed by atoms with E-state index in [9.17, 15) is 9.59 Å². The third-order valence-corrected chi connectivity index (χ3v) is 9.76. The normalized spacial score (nSPS) is 17.3. The van der Waals surface area contributed by atoms with Gasteiger partial charge in [-0.25, -0.2) is 15.0 Å². The van der Waals surface area contributed by atoms with Gasteiger partial charge in [0, 0.05) is 49.5 Å². The summed E-state index contributed by atoms with van der Waals surface area (Å²) in [5.41, 5.74) is 16.2. The number of fused-ring (bicyclic) bond motifs is 1. The van der Waals surface area contributed by atoms with Gasteiger partial charge in [0.1, 0.15) is 41.0 Å². The molecule has 0 radical (unpaired) electrons. The van der Waals surface area contributed by atoms with Crippen LogP contribution in [0, 0.1) is 5.41 Å². The van der Waals surface area contributed by atoms with Crippen LogP contribution in [-0.4, -0.2) is 84.3 Å². The number of carbonyl (C=O) groups excluding carboxylic acids is 2. The van der Waals surface area contributed by atoms with Gasteiger partial charge >= 0.3 is 0 Å². The number of ether oxygens (including phenoxy) is 1. The zero-order valence-corrected chi connectivity index (χ0v) is 29.2. The van der Waals surface area contributed by atoms with Gasteiger partial charge in [-0.15, -0.1) is 0 Å². The molecule has 0 bridgehead atoms. The number of nitrogens with zero attached hydrogens (tertiary/aromatic N) is 7. The molecule has 5 aromatic rings. The number of hydrogen-bond donors (Lipinski definition) is 4. The van der Waals surface area contributed by atoms with Crippen LogP contribution in [0.25, 0.3) is 22.2 Å². The van der Waals surface area contributed by atoms with Gasteiger partial charge < -0.3 is 31.3 Å². The monoisotopic (exact) mass is 711 g/mol. The Balaban J connectivity index is 1.06. The van der Waals surface area contributed by atoms with Gasteiger partial charge in [-0.3, -0.25) is 19.7 Å². The molecule has 2 aromatic carbocycles. The summed E-state index contributed by atoms with van der Waals surface area (Å²) < 4.78 is 8.14. The van der Waals surface area contributed by atoms with E-state index in [1.165, 1.54) is 18.5 Å². The maximum atomic E-state index is 12.4. The number of carbonyl (C=O) groups is 2. The number of rotatable bonds is 10. The van der Waals surface area contributed by atoms with Crippen molar-refractivity contribution in [3.8, 4) is 22.8 Å². The summed E-state index contributed by atoms with van der Waals surface area (Å²) in [5, 5.41) is 18.2. The molecule has 6 N–H and O–H groups in total. The summed E-state index contributed by atoms with van der Waals surface area (Å²) in [6.45, 7) is 9.65. The third kappa shape index (κ3) is 7.16. The zero-order chi connectivity index (χ0) is 37.1. The predicted molar refractivity (Wildman–Crippen MR) is 205 cm³/mol. The number of nitrogen functional groups attached to an aromatic ring is 2. The van der Waals surface area contributed by atoms with Crippen LogP contribution in [0.1, 0.15) is 42.9 Å². The predicted octanol–water partition coefficient (Wildman–Crippen LogP) is 5.20. The lowest BCUT2D eigenvalue weighted by Gasteiger charge is -2.33. The van der Waals surface area contributed by atoms with Gasteiger partial charge in [0.05, 0.1) is 28.2 Å². The zero-order valence-electron chi connectivity index (χ0n) is 29.2. The lowest BCUT2D eigenvalue weighted by molar-refractivity contribution is -0.128. The summed E-state index contributed by atoms with van der Waals surface area (Å²) in [6.07, 6.45) is 9.14. The van der Waals surface area contributed by atoms with Gasteiger partial charge in [-0.2, -0.15) is 5.10 Å². The Morgan fingerprint density at radius 1 is 0.849 bits per heavy atom. The molecule has 2 unspecified atom stereocenters. The van der Waals surface area contributed by atoms with Crippen molar-refractivity contribution in [2.75, 3.05) is 43.0 Å². The van der Waals surface area contributed by atoms with Crippen molar-refractivity contribution in [1.82, 2.24) is 34.5 Å². The largest absolute Gasteiger partial charge is 0.457 e. The van der Waals surface area contributed by atoms with E-state index in [4.69, 9.17) is 26.7 Å². The van der Waals surface area contributed by atoms with Crippen LogP contribution in [0.3, 0.4) is 0 Å². The van der Waals surface area contributed by atoms with Crippen LogP contribution in [0.2, 0.25) is 0 Å². The first-order chi connectivity index (χ1) is 25.7. The van der Waals surface area contributed by atoms with Crippen molar-refractivity contribution in [3.05, 3.63) is 104 Å². The van der Waals surface area contributed by atoms with Crippen LogP contribution in [0.4, 0.5) is 17.5 Å². The molecule has 5 heterocycles. The second kappa shape index (κ2) is 15.0. The third-order valence-electron chi connectivity index (χ3n) is 9.76. The van der Waals surface area contributed by atoms with Crippen molar-refractivity contribution in [2.45, 2.75) is 37.8 Å². The number of likely N-dealkylation sites (tertiary alicyclic amines) is 2. The maximum Gasteiger partial charge on any atom is 0.246 e. The molecule has 7 rings (SSSR count). The average molecular weight is 712 g/mol. The minimum absolute atomic E-state index is 0.0105. The molecule has 0 spiro atoms. The van der Waals surface area contributed by atoms with Gasteiger partial charge in [-0.1, -0.05) is 13.2 Å². The molecule has 2 aliphatic rings. The second-order valence-corrected chi connectivity index (χ2v) is 13.1. The Labute approximate surface area is 306 Å². The number of nitrogens with two attached hydrogens (primary N) is 2.